The summed E-state index contributed by atoms with van der Waals surface area (Å²) in [4.78, 5) is 13.7. The average Bonchev–Trinajstić information content (AvgIpc) is 2.78. The fraction of sp³-hybridized carbons (Fsp3) is 0.588. The number of amides is 1. The smallest absolute Gasteiger partial charge is 0.410 e. The predicted molar refractivity (Wildman–Crippen MR) is 80.6 cm³/mol. The lowest BCUT2D eigenvalue weighted by Gasteiger charge is -2.13. The molecule has 0 saturated carbocycles. The van der Waals surface area contributed by atoms with Gasteiger partial charge in [0, 0.05) is 6.54 Å². The van der Waals surface area contributed by atoms with Crippen molar-refractivity contribution in [1.29, 1.82) is 0 Å². The minimum absolute atomic E-state index is 0.0878. The van der Waals surface area contributed by atoms with Crippen LogP contribution in [-0.4, -0.2) is 23.6 Å². The standard InChI is InChI=1S/C17H25NO2/c1-3-4-5-6-7-16-13-18(17(19)20-16)12-15-10-8-14(2)9-11-15/h8-11,16H,3-7,12-13H2,1-2H3. The quantitative estimate of drug-likeness (QED) is 0.695. The molecular weight excluding hydrogens is 250 g/mol. The van der Waals surface area contributed by atoms with E-state index in [1.165, 1.54) is 30.4 Å². The van der Waals surface area contributed by atoms with Crippen molar-refractivity contribution in [2.75, 3.05) is 6.54 Å². The first-order valence-electron chi connectivity index (χ1n) is 7.70. The Kier molecular flexibility index (Phi) is 5.45. The zero-order chi connectivity index (χ0) is 14.4. The average molecular weight is 275 g/mol. The second-order valence-electron chi connectivity index (χ2n) is 5.72. The molecule has 0 spiro atoms. The summed E-state index contributed by atoms with van der Waals surface area (Å²) in [5.74, 6) is 0. The summed E-state index contributed by atoms with van der Waals surface area (Å²) in [6.07, 6.45) is 5.83. The fourth-order valence-electron chi connectivity index (χ4n) is 2.57. The molecule has 1 atom stereocenters. The lowest BCUT2D eigenvalue weighted by Crippen LogP contribution is -2.24. The van der Waals surface area contributed by atoms with Crippen molar-refractivity contribution in [2.45, 2.75) is 58.6 Å². The summed E-state index contributed by atoms with van der Waals surface area (Å²) < 4.78 is 5.44. The first-order chi connectivity index (χ1) is 9.69. The van der Waals surface area contributed by atoms with Crippen molar-refractivity contribution in [3.05, 3.63) is 35.4 Å². The van der Waals surface area contributed by atoms with Gasteiger partial charge in [-0.3, -0.25) is 0 Å². The van der Waals surface area contributed by atoms with Crippen LogP contribution in [0.5, 0.6) is 0 Å². The van der Waals surface area contributed by atoms with Crippen molar-refractivity contribution in [1.82, 2.24) is 4.90 Å². The number of ether oxygens (including phenoxy) is 1. The lowest BCUT2D eigenvalue weighted by atomic mass is 10.1. The van der Waals surface area contributed by atoms with Crippen LogP contribution in [0.15, 0.2) is 24.3 Å². The molecule has 3 heteroatoms. The van der Waals surface area contributed by atoms with Crippen LogP contribution >= 0.6 is 0 Å². The maximum Gasteiger partial charge on any atom is 0.410 e. The number of carbonyl (C=O) groups excluding carboxylic acids is 1. The Morgan fingerprint density at radius 2 is 1.95 bits per heavy atom. The highest BCUT2D eigenvalue weighted by Gasteiger charge is 2.30. The summed E-state index contributed by atoms with van der Waals surface area (Å²) in [5, 5.41) is 0. The number of hydrogen-bond acceptors (Lipinski definition) is 2. The number of nitrogens with zero attached hydrogens (tertiary/aromatic N) is 1. The summed E-state index contributed by atoms with van der Waals surface area (Å²) in [6, 6.07) is 8.33. The van der Waals surface area contributed by atoms with Gasteiger partial charge in [-0.25, -0.2) is 4.79 Å². The van der Waals surface area contributed by atoms with Gasteiger partial charge in [0.15, 0.2) is 0 Å². The normalized spacial score (nSPS) is 18.4. The second kappa shape index (κ2) is 7.32. The molecule has 1 aromatic carbocycles. The Morgan fingerprint density at radius 3 is 2.65 bits per heavy atom. The molecule has 110 valence electrons. The third-order valence-corrected chi connectivity index (χ3v) is 3.82. The summed E-state index contributed by atoms with van der Waals surface area (Å²) in [6.45, 7) is 5.67. The number of carbonyl (C=O) groups is 1. The molecule has 0 aliphatic carbocycles. The summed E-state index contributed by atoms with van der Waals surface area (Å²) in [7, 11) is 0. The maximum absolute atomic E-state index is 11.8. The molecular formula is C17H25NO2. The molecule has 1 heterocycles. The molecule has 0 bridgehead atoms. The highest BCUT2D eigenvalue weighted by Crippen LogP contribution is 2.19. The fourth-order valence-corrected chi connectivity index (χ4v) is 2.57. The molecule has 1 saturated heterocycles. The van der Waals surface area contributed by atoms with E-state index >= 15 is 0 Å². The molecule has 0 N–H and O–H groups in total. The number of cyclic esters (lactones) is 1. The van der Waals surface area contributed by atoms with E-state index < -0.39 is 0 Å². The Morgan fingerprint density at radius 1 is 1.20 bits per heavy atom. The van der Waals surface area contributed by atoms with E-state index in [2.05, 4.69) is 38.1 Å². The monoisotopic (exact) mass is 275 g/mol. The predicted octanol–water partition coefficient (Wildman–Crippen LogP) is 4.29. The number of benzene rings is 1. The van der Waals surface area contributed by atoms with Gasteiger partial charge in [0.25, 0.3) is 0 Å². The van der Waals surface area contributed by atoms with Gasteiger partial charge in [0.05, 0.1) is 6.54 Å². The van der Waals surface area contributed by atoms with Crippen LogP contribution in [0.4, 0.5) is 4.79 Å². The molecule has 20 heavy (non-hydrogen) atoms. The Labute approximate surface area is 121 Å². The minimum atomic E-state index is -0.161. The number of unbranched alkanes of at least 4 members (excludes halogenated alkanes) is 3. The molecule has 0 aromatic heterocycles. The number of hydrogen-bond donors (Lipinski definition) is 0. The van der Waals surface area contributed by atoms with Gasteiger partial charge >= 0.3 is 6.09 Å². The highest BCUT2D eigenvalue weighted by atomic mass is 16.6. The Bertz CT molecular complexity index is 427. The molecule has 1 aromatic rings. The van der Waals surface area contributed by atoms with Gasteiger partial charge in [-0.05, 0) is 25.3 Å². The molecule has 3 nitrogen and oxygen atoms in total. The van der Waals surface area contributed by atoms with Gasteiger partial charge in [0.1, 0.15) is 6.10 Å². The molecule has 1 aliphatic rings. The van der Waals surface area contributed by atoms with Crippen molar-refractivity contribution >= 4 is 6.09 Å². The van der Waals surface area contributed by atoms with Crippen LogP contribution in [0.1, 0.15) is 50.2 Å². The van der Waals surface area contributed by atoms with Gasteiger partial charge < -0.3 is 9.64 Å². The first kappa shape index (κ1) is 14.9. The van der Waals surface area contributed by atoms with Crippen LogP contribution in [0.3, 0.4) is 0 Å². The van der Waals surface area contributed by atoms with Gasteiger partial charge in [0.2, 0.25) is 0 Å². The largest absolute Gasteiger partial charge is 0.444 e. The van der Waals surface area contributed by atoms with Crippen LogP contribution < -0.4 is 0 Å². The zero-order valence-electron chi connectivity index (χ0n) is 12.6. The van der Waals surface area contributed by atoms with E-state index in [9.17, 15) is 4.79 Å². The van der Waals surface area contributed by atoms with Crippen LogP contribution in [0.25, 0.3) is 0 Å². The molecule has 2 rings (SSSR count). The third kappa shape index (κ3) is 4.26. The summed E-state index contributed by atoms with van der Waals surface area (Å²) >= 11 is 0. The van der Waals surface area contributed by atoms with E-state index in [0.717, 1.165) is 19.4 Å². The van der Waals surface area contributed by atoms with E-state index in [1.807, 2.05) is 4.90 Å². The SMILES string of the molecule is CCCCCCC1CN(Cc2ccc(C)cc2)C(=O)O1. The maximum atomic E-state index is 11.8. The van der Waals surface area contributed by atoms with Gasteiger partial charge in [-0.15, -0.1) is 0 Å². The zero-order valence-corrected chi connectivity index (χ0v) is 12.6. The molecule has 0 radical (unpaired) electrons. The van der Waals surface area contributed by atoms with Crippen LogP contribution in [0, 0.1) is 6.92 Å². The molecule has 1 fully saturated rings. The lowest BCUT2D eigenvalue weighted by molar-refractivity contribution is 0.127. The van der Waals surface area contributed by atoms with Crippen molar-refractivity contribution < 1.29 is 9.53 Å². The molecule has 1 aliphatic heterocycles. The second-order valence-corrected chi connectivity index (χ2v) is 5.72. The third-order valence-electron chi connectivity index (χ3n) is 3.82. The Hall–Kier alpha value is -1.51. The first-order valence-corrected chi connectivity index (χ1v) is 7.70. The van der Waals surface area contributed by atoms with E-state index in [4.69, 9.17) is 4.74 Å². The minimum Gasteiger partial charge on any atom is -0.444 e. The van der Waals surface area contributed by atoms with E-state index in [-0.39, 0.29) is 12.2 Å². The molecule has 1 unspecified atom stereocenters. The van der Waals surface area contributed by atoms with Crippen molar-refractivity contribution in [2.24, 2.45) is 0 Å². The van der Waals surface area contributed by atoms with Gasteiger partial charge in [-0.2, -0.15) is 0 Å². The number of aryl methyl sites for hydroxylation is 1. The van der Waals surface area contributed by atoms with Crippen LogP contribution in [-0.2, 0) is 11.3 Å². The van der Waals surface area contributed by atoms with Crippen molar-refractivity contribution in [3.63, 3.8) is 0 Å². The van der Waals surface area contributed by atoms with Gasteiger partial charge in [-0.1, -0.05) is 56.0 Å². The highest BCUT2D eigenvalue weighted by molar-refractivity contribution is 5.69. The van der Waals surface area contributed by atoms with Crippen LogP contribution in [0.2, 0.25) is 0 Å². The van der Waals surface area contributed by atoms with E-state index in [0.29, 0.717) is 6.54 Å². The molecule has 1 amide bonds. The van der Waals surface area contributed by atoms with Crippen molar-refractivity contribution in [3.8, 4) is 0 Å². The topological polar surface area (TPSA) is 29.5 Å². The summed E-state index contributed by atoms with van der Waals surface area (Å²) in [5.41, 5.74) is 2.41. The van der Waals surface area contributed by atoms with E-state index in [1.54, 1.807) is 0 Å². The Balaban J connectivity index is 1.78. The number of rotatable bonds is 7.